The molecule has 0 saturated heterocycles. The van der Waals surface area contributed by atoms with Gasteiger partial charge in [-0.25, -0.2) is 4.79 Å². The fourth-order valence-corrected chi connectivity index (χ4v) is 5.29. The fraction of sp³-hybridized carbons (Fsp3) is 0.717. The molecule has 0 saturated carbocycles. The molecule has 1 unspecified atom stereocenters. The van der Waals surface area contributed by atoms with Crippen molar-refractivity contribution in [3.05, 3.63) is 35.9 Å². The summed E-state index contributed by atoms with van der Waals surface area (Å²) in [4.78, 5) is 84.5. The van der Waals surface area contributed by atoms with Crippen LogP contribution in [0.2, 0.25) is 0 Å². The standard InChI is InChI=1S/C46H78N6O21/c1-61-9-10-63-13-14-65-17-18-67-21-22-69-25-26-71-29-30-72-28-27-70-24-23-68-20-19-66-16-15-64-12-11-62-8-7-40(53)47-32-41(54)48-33-42(55)49-35-44(57)52-39(31-38-5-3-2-4-6-38)46(60)50-34-43(56)51-37-73-36-45(58)59/h2-6,39H,7-37H2,1H3,(H,47,53)(H,48,54)(H,49,55)(H,50,60)(H,51,56)(H,52,57)(H,58,59). The Morgan fingerprint density at radius 2 is 0.753 bits per heavy atom. The van der Waals surface area contributed by atoms with Gasteiger partial charge in [-0.2, -0.15) is 0 Å². The van der Waals surface area contributed by atoms with Crippen molar-refractivity contribution in [2.24, 2.45) is 0 Å². The van der Waals surface area contributed by atoms with Crippen LogP contribution in [-0.4, -0.2) is 251 Å². The fourth-order valence-electron chi connectivity index (χ4n) is 5.29. The number of carbonyl (C=O) groups is 7. The van der Waals surface area contributed by atoms with Gasteiger partial charge in [-0.1, -0.05) is 30.3 Å². The predicted molar refractivity (Wildman–Crippen MR) is 256 cm³/mol. The molecule has 6 amide bonds. The van der Waals surface area contributed by atoms with Crippen molar-refractivity contribution in [3.8, 4) is 0 Å². The van der Waals surface area contributed by atoms with Gasteiger partial charge in [0.15, 0.2) is 0 Å². The number of methoxy groups -OCH3 is 1. The van der Waals surface area contributed by atoms with Crippen LogP contribution in [-0.2, 0) is 102 Å². The first-order valence-corrected chi connectivity index (χ1v) is 23.9. The van der Waals surface area contributed by atoms with E-state index in [9.17, 15) is 33.6 Å². The zero-order valence-corrected chi connectivity index (χ0v) is 42.0. The van der Waals surface area contributed by atoms with Crippen molar-refractivity contribution in [2.45, 2.75) is 18.9 Å². The van der Waals surface area contributed by atoms with Gasteiger partial charge < -0.3 is 98.6 Å². The maximum Gasteiger partial charge on any atom is 0.329 e. The second-order valence-electron chi connectivity index (χ2n) is 14.8. The van der Waals surface area contributed by atoms with E-state index in [1.807, 2.05) is 0 Å². The number of hydrogen-bond acceptors (Lipinski definition) is 20. The third-order valence-corrected chi connectivity index (χ3v) is 8.92. The lowest BCUT2D eigenvalue weighted by Gasteiger charge is -2.19. The summed E-state index contributed by atoms with van der Waals surface area (Å²) >= 11 is 0. The second-order valence-corrected chi connectivity index (χ2v) is 14.8. The van der Waals surface area contributed by atoms with E-state index in [0.717, 1.165) is 0 Å². The third-order valence-electron chi connectivity index (χ3n) is 8.92. The maximum absolute atomic E-state index is 12.9. The van der Waals surface area contributed by atoms with Gasteiger partial charge in [0.1, 0.15) is 19.4 Å². The molecule has 27 nitrogen and oxygen atoms in total. The number of ether oxygens (including phenoxy) is 13. The summed E-state index contributed by atoms with van der Waals surface area (Å²) in [6, 6.07) is 7.60. The van der Waals surface area contributed by atoms with Gasteiger partial charge in [-0.3, -0.25) is 28.8 Å². The summed E-state index contributed by atoms with van der Waals surface area (Å²) in [6.45, 7) is 7.04. The molecule has 0 fully saturated rings. The lowest BCUT2D eigenvalue weighted by atomic mass is 10.1. The Kier molecular flexibility index (Phi) is 44.5. The lowest BCUT2D eigenvalue weighted by Crippen LogP contribution is -2.52. The minimum absolute atomic E-state index is 0.0119. The van der Waals surface area contributed by atoms with Crippen LogP contribution in [0.25, 0.3) is 0 Å². The molecule has 27 heteroatoms. The third kappa shape index (κ3) is 45.3. The number of carboxylic acid groups (broad SMARTS) is 1. The van der Waals surface area contributed by atoms with E-state index in [1.54, 1.807) is 37.4 Å². The number of aliphatic carboxylic acids is 1. The van der Waals surface area contributed by atoms with Gasteiger partial charge >= 0.3 is 5.97 Å². The Labute approximate surface area is 426 Å². The van der Waals surface area contributed by atoms with Crippen LogP contribution in [0.5, 0.6) is 0 Å². The number of amides is 6. The van der Waals surface area contributed by atoms with Crippen LogP contribution in [0.1, 0.15) is 12.0 Å². The minimum Gasteiger partial charge on any atom is -0.480 e. The molecule has 0 aliphatic heterocycles. The van der Waals surface area contributed by atoms with E-state index in [0.29, 0.717) is 144 Å². The number of hydrogen-bond donors (Lipinski definition) is 7. The van der Waals surface area contributed by atoms with Crippen molar-refractivity contribution in [1.29, 1.82) is 0 Å². The summed E-state index contributed by atoms with van der Waals surface area (Å²) < 4.78 is 69.4. The number of rotatable bonds is 52. The second kappa shape index (κ2) is 49.2. The average molecular weight is 1050 g/mol. The Morgan fingerprint density at radius 3 is 1.15 bits per heavy atom. The molecule has 1 atom stereocenters. The number of carbonyl (C=O) groups excluding carboxylic acids is 6. The van der Waals surface area contributed by atoms with E-state index in [4.69, 9.17) is 66.7 Å². The van der Waals surface area contributed by atoms with Crippen LogP contribution in [0.3, 0.4) is 0 Å². The molecule has 73 heavy (non-hydrogen) atoms. The van der Waals surface area contributed by atoms with Gasteiger partial charge in [0.2, 0.25) is 35.4 Å². The van der Waals surface area contributed by atoms with Crippen LogP contribution < -0.4 is 31.9 Å². The molecule has 0 bridgehead atoms. The smallest absolute Gasteiger partial charge is 0.329 e. The normalized spacial score (nSPS) is 11.4. The first-order chi connectivity index (χ1) is 35.6. The summed E-state index contributed by atoms with van der Waals surface area (Å²) in [5, 5.41) is 22.8. The van der Waals surface area contributed by atoms with Gasteiger partial charge in [0.05, 0.1) is 178 Å². The number of benzene rings is 1. The molecule has 1 rings (SSSR count). The van der Waals surface area contributed by atoms with Crippen LogP contribution in [0.15, 0.2) is 30.3 Å². The van der Waals surface area contributed by atoms with Crippen LogP contribution in [0, 0.1) is 0 Å². The summed E-state index contributed by atoms with van der Waals surface area (Å²) in [7, 11) is 1.63. The predicted octanol–water partition coefficient (Wildman–Crippen LogP) is -3.43. The molecule has 0 aliphatic carbocycles. The monoisotopic (exact) mass is 1050 g/mol. The average Bonchev–Trinajstić information content (AvgIpc) is 3.38. The first-order valence-electron chi connectivity index (χ1n) is 23.9. The molecule has 0 aliphatic rings. The van der Waals surface area contributed by atoms with Crippen LogP contribution >= 0.6 is 0 Å². The van der Waals surface area contributed by atoms with Gasteiger partial charge in [0, 0.05) is 20.0 Å². The molecule has 1 aromatic rings. The van der Waals surface area contributed by atoms with Gasteiger partial charge in [-0.05, 0) is 5.56 Å². The van der Waals surface area contributed by atoms with Gasteiger partial charge in [-0.15, -0.1) is 0 Å². The Morgan fingerprint density at radius 1 is 0.411 bits per heavy atom. The lowest BCUT2D eigenvalue weighted by molar-refractivity contribution is -0.143. The Hall–Kier alpha value is -5.01. The van der Waals surface area contributed by atoms with E-state index in [-0.39, 0.29) is 32.8 Å². The highest BCUT2D eigenvalue weighted by atomic mass is 16.6. The molecule has 418 valence electrons. The highest BCUT2D eigenvalue weighted by molar-refractivity contribution is 5.93. The first kappa shape index (κ1) is 66.0. The summed E-state index contributed by atoms with van der Waals surface area (Å²) in [6.07, 6.45) is 0.0500. The molecular weight excluding hydrogens is 973 g/mol. The highest BCUT2D eigenvalue weighted by Crippen LogP contribution is 2.04. The molecule has 1 aromatic carbocycles. The van der Waals surface area contributed by atoms with Crippen molar-refractivity contribution >= 4 is 41.4 Å². The zero-order valence-electron chi connectivity index (χ0n) is 42.0. The molecule has 7 N–H and O–H groups in total. The molecule has 0 spiro atoms. The van der Waals surface area contributed by atoms with E-state index < -0.39 is 80.2 Å². The highest BCUT2D eigenvalue weighted by Gasteiger charge is 2.22. The van der Waals surface area contributed by atoms with E-state index in [2.05, 4.69) is 31.9 Å². The van der Waals surface area contributed by atoms with E-state index >= 15 is 0 Å². The summed E-state index contributed by atoms with van der Waals surface area (Å²) in [5.74, 6) is -5.09. The van der Waals surface area contributed by atoms with Crippen molar-refractivity contribution < 1.29 is 100 Å². The largest absolute Gasteiger partial charge is 0.480 e. The number of nitrogens with one attached hydrogen (secondary N) is 6. The molecule has 0 heterocycles. The van der Waals surface area contributed by atoms with Crippen molar-refractivity contribution in [2.75, 3.05) is 199 Å². The van der Waals surface area contributed by atoms with Gasteiger partial charge in [0.25, 0.3) is 0 Å². The minimum atomic E-state index is -1.22. The zero-order chi connectivity index (χ0) is 53.1. The molecular formula is C46H78N6O21. The summed E-state index contributed by atoms with van der Waals surface area (Å²) in [5.41, 5.74) is 0.702. The van der Waals surface area contributed by atoms with E-state index in [1.165, 1.54) is 0 Å². The topological polar surface area (TPSA) is 332 Å². The Bertz CT molecular complexity index is 1590. The van der Waals surface area contributed by atoms with Crippen molar-refractivity contribution in [3.63, 3.8) is 0 Å². The quantitative estimate of drug-likeness (QED) is 0.0247. The number of carboxylic acids is 1. The SMILES string of the molecule is COCCOCCOCCOCCOCCOCCOCCOCCOCCOCCOCCOCCC(=O)NCC(=O)NCC(=O)NCC(=O)NC(Cc1ccccc1)C(=O)NCC(=O)NCOCC(=O)O. The Balaban J connectivity index is 1.92. The maximum atomic E-state index is 12.9. The van der Waals surface area contributed by atoms with Crippen molar-refractivity contribution in [1.82, 2.24) is 31.9 Å². The molecule has 0 radical (unpaired) electrons. The van der Waals surface area contributed by atoms with Crippen LogP contribution in [0.4, 0.5) is 0 Å². The molecule has 0 aromatic heterocycles.